The summed E-state index contributed by atoms with van der Waals surface area (Å²) in [7, 11) is 0. The quantitative estimate of drug-likeness (QED) is 0.216. The van der Waals surface area contributed by atoms with E-state index in [4.69, 9.17) is 9.84 Å². The van der Waals surface area contributed by atoms with Crippen molar-refractivity contribution in [3.63, 3.8) is 0 Å². The average molecular weight is 413 g/mol. The summed E-state index contributed by atoms with van der Waals surface area (Å²) in [5.74, 6) is 0.870. The van der Waals surface area contributed by atoms with Gasteiger partial charge in [0.15, 0.2) is 0 Å². The van der Waals surface area contributed by atoms with E-state index >= 15 is 0 Å². The molecule has 1 aromatic carbocycles. The maximum Gasteiger partial charge on any atom is 0.328 e. The van der Waals surface area contributed by atoms with Crippen molar-refractivity contribution in [1.29, 1.82) is 0 Å². The van der Waals surface area contributed by atoms with Gasteiger partial charge in [-0.1, -0.05) is 78.2 Å². The Balaban J connectivity index is 3.31. The molecule has 3 heteroatoms. The summed E-state index contributed by atoms with van der Waals surface area (Å²) in [6.07, 6.45) is 11.7. The molecule has 30 heavy (non-hydrogen) atoms. The molecule has 0 heterocycles. The molecule has 3 nitrogen and oxygen atoms in total. The van der Waals surface area contributed by atoms with Crippen LogP contribution in [0.1, 0.15) is 103 Å². The fraction of sp³-hybridized carbons (Fsp3) is 0.519. The number of hydrogen-bond acceptors (Lipinski definition) is 2. The van der Waals surface area contributed by atoms with Gasteiger partial charge in [-0.25, -0.2) is 4.79 Å². The first-order valence-corrected chi connectivity index (χ1v) is 11.2. The average Bonchev–Trinajstić information content (AvgIpc) is 2.66. The van der Waals surface area contributed by atoms with Gasteiger partial charge in [-0.05, 0) is 60.4 Å². The minimum absolute atomic E-state index is 0.372. The number of aliphatic carboxylic acids is 1. The Morgan fingerprint density at radius 3 is 2.33 bits per heavy atom. The molecule has 0 radical (unpaired) electrons. The summed E-state index contributed by atoms with van der Waals surface area (Å²) in [4.78, 5) is 10.8. The number of allylic oxidation sites excluding steroid dienone is 5. The Labute approximate surface area is 183 Å². The number of rotatable bonds is 12. The molecule has 0 amide bonds. The molecule has 0 bridgehead atoms. The van der Waals surface area contributed by atoms with Crippen LogP contribution in [-0.4, -0.2) is 17.7 Å². The van der Waals surface area contributed by atoms with E-state index in [1.165, 1.54) is 36.5 Å². The molecule has 1 aromatic rings. The molecule has 0 atom stereocenters. The highest BCUT2D eigenvalue weighted by atomic mass is 16.5. The number of carboxylic acid groups (broad SMARTS) is 1. The van der Waals surface area contributed by atoms with Crippen molar-refractivity contribution in [2.75, 3.05) is 6.61 Å². The highest BCUT2D eigenvalue weighted by molar-refractivity contribution is 5.81. The number of unbranched alkanes of at least 4 members (excludes halogenated alkanes) is 3. The summed E-state index contributed by atoms with van der Waals surface area (Å²) < 4.78 is 6.36. The molecule has 0 unspecified atom stereocenters. The van der Waals surface area contributed by atoms with Crippen molar-refractivity contribution < 1.29 is 14.6 Å². The fourth-order valence-corrected chi connectivity index (χ4v) is 3.27. The van der Waals surface area contributed by atoms with E-state index in [0.29, 0.717) is 17.4 Å². The third-order valence-electron chi connectivity index (χ3n) is 5.15. The van der Waals surface area contributed by atoms with Crippen LogP contribution in [0.25, 0.3) is 5.57 Å². The molecule has 166 valence electrons. The third kappa shape index (κ3) is 8.61. The molecule has 1 N–H and O–H groups in total. The minimum Gasteiger partial charge on any atom is -0.493 e. The number of carbonyl (C=O) groups is 1. The van der Waals surface area contributed by atoms with Gasteiger partial charge in [0.25, 0.3) is 0 Å². The Morgan fingerprint density at radius 2 is 1.77 bits per heavy atom. The zero-order chi connectivity index (χ0) is 22.7. The van der Waals surface area contributed by atoms with Gasteiger partial charge in [-0.15, -0.1) is 0 Å². The maximum absolute atomic E-state index is 10.8. The standard InChI is InChI=1S/C27H40O3/c1-8-9-10-11-15-30-27-24(20(4)5)17-23(19(2)3)18-25(27)22(7)14-12-13-21(6)16-26(28)29/h12-14,16-20H,8-11,15H2,1-7H3,(H,28,29)/b13-12+,21-16+,22-14+. The molecule has 0 aliphatic rings. The second-order valence-corrected chi connectivity index (χ2v) is 8.64. The molecule has 0 saturated heterocycles. The number of ether oxygens (including phenoxy) is 1. The highest BCUT2D eigenvalue weighted by Gasteiger charge is 2.17. The Bertz CT molecular complexity index is 780. The summed E-state index contributed by atoms with van der Waals surface area (Å²) in [6.45, 7) is 15.7. The Hall–Kier alpha value is -2.29. The number of benzene rings is 1. The lowest BCUT2D eigenvalue weighted by Crippen LogP contribution is -2.06. The van der Waals surface area contributed by atoms with Crippen LogP contribution >= 0.6 is 0 Å². The zero-order valence-corrected chi connectivity index (χ0v) is 19.9. The van der Waals surface area contributed by atoms with Crippen molar-refractivity contribution in [3.8, 4) is 5.75 Å². The summed E-state index contributed by atoms with van der Waals surface area (Å²) in [5.41, 5.74) is 5.51. The summed E-state index contributed by atoms with van der Waals surface area (Å²) >= 11 is 0. The van der Waals surface area contributed by atoms with Gasteiger partial charge in [-0.2, -0.15) is 0 Å². The van der Waals surface area contributed by atoms with Gasteiger partial charge >= 0.3 is 5.97 Å². The fourth-order valence-electron chi connectivity index (χ4n) is 3.27. The van der Waals surface area contributed by atoms with Crippen LogP contribution in [0.5, 0.6) is 5.75 Å². The van der Waals surface area contributed by atoms with E-state index < -0.39 is 5.97 Å². The minimum atomic E-state index is -0.928. The van der Waals surface area contributed by atoms with Crippen molar-refractivity contribution in [3.05, 3.63) is 58.7 Å². The smallest absolute Gasteiger partial charge is 0.328 e. The lowest BCUT2D eigenvalue weighted by atomic mass is 9.89. The predicted molar refractivity (Wildman–Crippen MR) is 128 cm³/mol. The van der Waals surface area contributed by atoms with Gasteiger partial charge in [-0.3, -0.25) is 0 Å². The molecule has 0 spiro atoms. The second-order valence-electron chi connectivity index (χ2n) is 8.64. The first-order chi connectivity index (χ1) is 14.2. The van der Waals surface area contributed by atoms with E-state index in [1.807, 2.05) is 18.2 Å². The normalized spacial score (nSPS) is 13.0. The third-order valence-corrected chi connectivity index (χ3v) is 5.15. The van der Waals surface area contributed by atoms with Crippen molar-refractivity contribution >= 4 is 11.5 Å². The lowest BCUT2D eigenvalue weighted by molar-refractivity contribution is -0.131. The lowest BCUT2D eigenvalue weighted by Gasteiger charge is -2.21. The van der Waals surface area contributed by atoms with Crippen molar-refractivity contribution in [2.24, 2.45) is 0 Å². The van der Waals surface area contributed by atoms with Crippen LogP contribution in [-0.2, 0) is 4.79 Å². The summed E-state index contributed by atoms with van der Waals surface area (Å²) in [5, 5.41) is 8.87. The van der Waals surface area contributed by atoms with Gasteiger partial charge < -0.3 is 9.84 Å². The van der Waals surface area contributed by atoms with Crippen molar-refractivity contribution in [1.82, 2.24) is 0 Å². The van der Waals surface area contributed by atoms with Crippen LogP contribution < -0.4 is 4.74 Å². The number of carboxylic acids is 1. The predicted octanol–water partition coefficient (Wildman–Crippen LogP) is 7.88. The molecule has 0 aromatic heterocycles. The molecule has 0 saturated carbocycles. The Morgan fingerprint density at radius 1 is 1.07 bits per heavy atom. The first-order valence-electron chi connectivity index (χ1n) is 11.2. The first kappa shape index (κ1) is 25.7. The van der Waals surface area contributed by atoms with Crippen LogP contribution in [0, 0.1) is 0 Å². The van der Waals surface area contributed by atoms with Gasteiger partial charge in [0.1, 0.15) is 5.75 Å². The number of hydrogen-bond donors (Lipinski definition) is 1. The molecule has 0 fully saturated rings. The van der Waals surface area contributed by atoms with E-state index in [9.17, 15) is 4.79 Å². The Kier molecular flexibility index (Phi) is 11.2. The van der Waals surface area contributed by atoms with Crippen LogP contribution in [0.2, 0.25) is 0 Å². The molecular formula is C27H40O3. The van der Waals surface area contributed by atoms with E-state index in [1.54, 1.807) is 6.92 Å². The van der Waals surface area contributed by atoms with E-state index in [0.717, 1.165) is 29.9 Å². The summed E-state index contributed by atoms with van der Waals surface area (Å²) in [6, 6.07) is 4.54. The molecule has 0 aliphatic heterocycles. The van der Waals surface area contributed by atoms with Crippen LogP contribution in [0.4, 0.5) is 0 Å². The van der Waals surface area contributed by atoms with Gasteiger partial charge in [0.2, 0.25) is 0 Å². The molecule has 0 aliphatic carbocycles. The van der Waals surface area contributed by atoms with Crippen LogP contribution in [0.3, 0.4) is 0 Å². The molecular weight excluding hydrogens is 372 g/mol. The van der Waals surface area contributed by atoms with E-state index in [-0.39, 0.29) is 0 Å². The van der Waals surface area contributed by atoms with Gasteiger partial charge in [0.05, 0.1) is 6.61 Å². The second kappa shape index (κ2) is 13.1. The van der Waals surface area contributed by atoms with Crippen molar-refractivity contribution in [2.45, 2.75) is 86.0 Å². The van der Waals surface area contributed by atoms with Gasteiger partial charge in [0, 0.05) is 11.6 Å². The molecule has 1 rings (SSSR count). The largest absolute Gasteiger partial charge is 0.493 e. The van der Waals surface area contributed by atoms with E-state index in [2.05, 4.69) is 53.7 Å². The monoisotopic (exact) mass is 412 g/mol. The maximum atomic E-state index is 10.8. The topological polar surface area (TPSA) is 46.5 Å². The highest BCUT2D eigenvalue weighted by Crippen LogP contribution is 2.37. The van der Waals surface area contributed by atoms with Crippen LogP contribution in [0.15, 0.2) is 42.0 Å². The SMILES string of the molecule is CCCCCCOc1c(/C(C)=C/C=C/C(C)=C/C(=O)O)cc(C(C)C)cc1C(C)C. The zero-order valence-electron chi connectivity index (χ0n) is 19.9.